The summed E-state index contributed by atoms with van der Waals surface area (Å²) in [5, 5.41) is 9.41. The van der Waals surface area contributed by atoms with Gasteiger partial charge in [0.15, 0.2) is 0 Å². The highest BCUT2D eigenvalue weighted by Gasteiger charge is 2.31. The molecule has 1 aromatic carbocycles. The number of piperidine rings is 1. The first-order valence-corrected chi connectivity index (χ1v) is 7.42. The number of nitrogens with zero attached hydrogens (tertiary/aromatic N) is 1. The summed E-state index contributed by atoms with van der Waals surface area (Å²) in [6, 6.07) is 4.79. The minimum atomic E-state index is -0.264. The van der Waals surface area contributed by atoms with E-state index in [-0.39, 0.29) is 12.4 Å². The van der Waals surface area contributed by atoms with Crippen LogP contribution in [0.3, 0.4) is 0 Å². The van der Waals surface area contributed by atoms with Gasteiger partial charge in [-0.15, -0.1) is 0 Å². The molecule has 19 heavy (non-hydrogen) atoms. The number of aliphatic hydroxyl groups is 1. The minimum absolute atomic E-state index is 0.0856. The fourth-order valence-electron chi connectivity index (χ4n) is 3.81. The topological polar surface area (TPSA) is 23.5 Å². The van der Waals surface area contributed by atoms with Crippen molar-refractivity contribution in [1.82, 2.24) is 0 Å². The number of fused-ring (bicyclic) bond motifs is 1. The lowest BCUT2D eigenvalue weighted by atomic mass is 9.75. The van der Waals surface area contributed by atoms with Gasteiger partial charge in [0, 0.05) is 24.3 Å². The third-order valence-corrected chi connectivity index (χ3v) is 4.84. The van der Waals surface area contributed by atoms with Gasteiger partial charge in [-0.05, 0) is 42.9 Å². The van der Waals surface area contributed by atoms with Crippen LogP contribution >= 0.6 is 0 Å². The van der Waals surface area contributed by atoms with Gasteiger partial charge >= 0.3 is 0 Å². The molecule has 1 saturated carbocycles. The molecule has 104 valence electrons. The van der Waals surface area contributed by atoms with E-state index in [4.69, 9.17) is 0 Å². The van der Waals surface area contributed by atoms with Crippen molar-refractivity contribution in [2.75, 3.05) is 18.0 Å². The number of halogens is 1. The Morgan fingerprint density at radius 2 is 1.95 bits per heavy atom. The highest BCUT2D eigenvalue weighted by molar-refractivity contribution is 5.54. The highest BCUT2D eigenvalue weighted by Crippen LogP contribution is 2.38. The average Bonchev–Trinajstić information content (AvgIpc) is 2.46. The monoisotopic (exact) mass is 263 g/mol. The number of anilines is 1. The van der Waals surface area contributed by atoms with Crippen molar-refractivity contribution >= 4 is 5.69 Å². The molecule has 0 spiro atoms. The Hall–Kier alpha value is -1.09. The van der Waals surface area contributed by atoms with E-state index < -0.39 is 0 Å². The van der Waals surface area contributed by atoms with E-state index in [9.17, 15) is 9.50 Å². The largest absolute Gasteiger partial charge is 0.392 e. The molecule has 1 N–H and O–H groups in total. The van der Waals surface area contributed by atoms with E-state index in [0.717, 1.165) is 30.6 Å². The maximum absolute atomic E-state index is 13.2. The zero-order chi connectivity index (χ0) is 13.2. The number of aliphatic hydroxyl groups excluding tert-OH is 1. The van der Waals surface area contributed by atoms with E-state index in [0.29, 0.717) is 5.56 Å². The van der Waals surface area contributed by atoms with Gasteiger partial charge in [-0.25, -0.2) is 4.39 Å². The molecular weight excluding hydrogens is 241 g/mol. The van der Waals surface area contributed by atoms with Crippen molar-refractivity contribution in [1.29, 1.82) is 0 Å². The van der Waals surface area contributed by atoms with Gasteiger partial charge in [0.1, 0.15) is 5.82 Å². The Kier molecular flexibility index (Phi) is 3.74. The Morgan fingerprint density at radius 1 is 1.16 bits per heavy atom. The molecule has 1 saturated heterocycles. The second-order valence-electron chi connectivity index (χ2n) is 5.97. The maximum atomic E-state index is 13.2. The first-order chi connectivity index (χ1) is 9.28. The predicted octanol–water partition coefficient (Wildman–Crippen LogP) is 3.33. The third kappa shape index (κ3) is 2.62. The van der Waals surface area contributed by atoms with Gasteiger partial charge in [0.2, 0.25) is 0 Å². The molecule has 2 aliphatic rings. The lowest BCUT2D eigenvalue weighted by Crippen LogP contribution is -2.42. The van der Waals surface area contributed by atoms with Crippen molar-refractivity contribution in [2.24, 2.45) is 11.8 Å². The molecule has 1 aliphatic heterocycles. The molecular formula is C16H22FNO. The summed E-state index contributed by atoms with van der Waals surface area (Å²) in [5.74, 6) is 1.42. The summed E-state index contributed by atoms with van der Waals surface area (Å²) < 4.78 is 13.2. The van der Waals surface area contributed by atoms with Crippen LogP contribution in [0.4, 0.5) is 10.1 Å². The van der Waals surface area contributed by atoms with E-state index in [1.165, 1.54) is 44.2 Å². The molecule has 0 radical (unpaired) electrons. The first-order valence-electron chi connectivity index (χ1n) is 7.42. The van der Waals surface area contributed by atoms with E-state index >= 15 is 0 Å². The van der Waals surface area contributed by atoms with Crippen molar-refractivity contribution < 1.29 is 9.50 Å². The van der Waals surface area contributed by atoms with Gasteiger partial charge in [-0.2, -0.15) is 0 Å². The van der Waals surface area contributed by atoms with Crippen molar-refractivity contribution in [3.63, 3.8) is 0 Å². The summed E-state index contributed by atoms with van der Waals surface area (Å²) in [5.41, 5.74) is 1.74. The number of rotatable bonds is 2. The molecule has 3 heteroatoms. The van der Waals surface area contributed by atoms with E-state index in [1.54, 1.807) is 0 Å². The molecule has 1 heterocycles. The summed E-state index contributed by atoms with van der Waals surface area (Å²) >= 11 is 0. The molecule has 3 rings (SSSR count). The quantitative estimate of drug-likeness (QED) is 0.884. The summed E-state index contributed by atoms with van der Waals surface area (Å²) in [4.78, 5) is 2.34. The fourth-order valence-corrected chi connectivity index (χ4v) is 3.81. The molecule has 2 nitrogen and oxygen atoms in total. The molecule has 2 unspecified atom stereocenters. The summed E-state index contributed by atoms with van der Waals surface area (Å²) in [6.07, 6.45) is 6.70. The van der Waals surface area contributed by atoms with Gasteiger partial charge in [0.05, 0.1) is 6.61 Å². The Bertz CT molecular complexity index is 448. The van der Waals surface area contributed by atoms with Crippen molar-refractivity contribution in [3.05, 3.63) is 29.6 Å². The van der Waals surface area contributed by atoms with Crippen molar-refractivity contribution in [3.8, 4) is 0 Å². The zero-order valence-electron chi connectivity index (χ0n) is 11.3. The summed E-state index contributed by atoms with van der Waals surface area (Å²) in [6.45, 7) is 2.03. The van der Waals surface area contributed by atoms with Crippen LogP contribution in [-0.4, -0.2) is 18.2 Å². The SMILES string of the molecule is OCc1cc(F)ccc1N1CCC2CCCCC2C1. The van der Waals surface area contributed by atoms with Crippen LogP contribution in [0.1, 0.15) is 37.7 Å². The molecule has 2 atom stereocenters. The first kappa shape index (κ1) is 12.9. The van der Waals surface area contributed by atoms with Gasteiger partial charge < -0.3 is 10.0 Å². The molecule has 1 aliphatic carbocycles. The molecule has 2 fully saturated rings. The highest BCUT2D eigenvalue weighted by atomic mass is 19.1. The lowest BCUT2D eigenvalue weighted by molar-refractivity contribution is 0.202. The van der Waals surface area contributed by atoms with E-state index in [2.05, 4.69) is 4.90 Å². The van der Waals surface area contributed by atoms with Crippen LogP contribution in [-0.2, 0) is 6.61 Å². The number of hydrogen-bond acceptors (Lipinski definition) is 2. The molecule has 1 aromatic rings. The van der Waals surface area contributed by atoms with Gasteiger partial charge in [-0.1, -0.05) is 19.3 Å². The number of benzene rings is 1. The lowest BCUT2D eigenvalue weighted by Gasteiger charge is -2.42. The van der Waals surface area contributed by atoms with Crippen LogP contribution in [0, 0.1) is 17.7 Å². The van der Waals surface area contributed by atoms with Crippen LogP contribution in [0.2, 0.25) is 0 Å². The second kappa shape index (κ2) is 5.49. The smallest absolute Gasteiger partial charge is 0.123 e. The van der Waals surface area contributed by atoms with Crippen molar-refractivity contribution in [2.45, 2.75) is 38.7 Å². The zero-order valence-corrected chi connectivity index (χ0v) is 11.3. The Labute approximate surface area is 114 Å². The number of hydrogen-bond donors (Lipinski definition) is 1. The van der Waals surface area contributed by atoms with E-state index in [1.807, 2.05) is 6.07 Å². The van der Waals surface area contributed by atoms with Gasteiger partial charge in [-0.3, -0.25) is 0 Å². The maximum Gasteiger partial charge on any atom is 0.123 e. The minimum Gasteiger partial charge on any atom is -0.392 e. The third-order valence-electron chi connectivity index (χ3n) is 4.84. The molecule has 0 aromatic heterocycles. The van der Waals surface area contributed by atoms with Crippen LogP contribution in [0.15, 0.2) is 18.2 Å². The molecule has 0 bridgehead atoms. The standard InChI is InChI=1S/C16H22FNO/c17-15-5-6-16(14(9-15)11-19)18-8-7-12-3-1-2-4-13(12)10-18/h5-6,9,12-13,19H,1-4,7-8,10-11H2. The predicted molar refractivity (Wildman–Crippen MR) is 74.6 cm³/mol. The van der Waals surface area contributed by atoms with Crippen LogP contribution in [0.5, 0.6) is 0 Å². The fraction of sp³-hybridized carbons (Fsp3) is 0.625. The average molecular weight is 263 g/mol. The van der Waals surface area contributed by atoms with Crippen LogP contribution < -0.4 is 4.90 Å². The normalized spacial score (nSPS) is 27.2. The summed E-state index contributed by atoms with van der Waals surface area (Å²) in [7, 11) is 0. The van der Waals surface area contributed by atoms with Gasteiger partial charge in [0.25, 0.3) is 0 Å². The second-order valence-corrected chi connectivity index (χ2v) is 5.97. The molecule has 0 amide bonds. The Balaban J connectivity index is 1.79. The Morgan fingerprint density at radius 3 is 2.74 bits per heavy atom. The van der Waals surface area contributed by atoms with Crippen LogP contribution in [0.25, 0.3) is 0 Å².